The van der Waals surface area contributed by atoms with E-state index in [4.69, 9.17) is 0 Å². The van der Waals surface area contributed by atoms with Crippen molar-refractivity contribution in [3.8, 4) is 0 Å². The van der Waals surface area contributed by atoms with Gasteiger partial charge in [0.25, 0.3) is 0 Å². The predicted octanol–water partition coefficient (Wildman–Crippen LogP) is 3.86. The van der Waals surface area contributed by atoms with Gasteiger partial charge in [-0.1, -0.05) is 62.3 Å². The third-order valence-corrected chi connectivity index (χ3v) is 2.79. The van der Waals surface area contributed by atoms with E-state index in [0.29, 0.717) is 0 Å². The van der Waals surface area contributed by atoms with E-state index in [9.17, 15) is 4.79 Å². The molecule has 0 spiro atoms. The Morgan fingerprint density at radius 2 is 1.24 bits per heavy atom. The van der Waals surface area contributed by atoms with Crippen molar-refractivity contribution >= 4 is 5.91 Å². The first-order chi connectivity index (χ1) is 7.25. The molecule has 0 saturated heterocycles. The maximum atomic E-state index is 12.4. The van der Waals surface area contributed by atoms with Gasteiger partial charge in [0.1, 0.15) is 0 Å². The summed E-state index contributed by atoms with van der Waals surface area (Å²) in [6.07, 6.45) is 0. The van der Waals surface area contributed by atoms with Gasteiger partial charge in [0.2, 0.25) is 5.91 Å². The summed E-state index contributed by atoms with van der Waals surface area (Å²) < 4.78 is 0. The summed E-state index contributed by atoms with van der Waals surface area (Å²) in [4.78, 5) is 12.4. The van der Waals surface area contributed by atoms with Gasteiger partial charge in [-0.2, -0.15) is 0 Å². The van der Waals surface area contributed by atoms with Crippen LogP contribution in [0.15, 0.2) is 0 Å². The van der Waals surface area contributed by atoms with Crippen LogP contribution in [-0.4, -0.2) is 12.5 Å². The Kier molecular flexibility index (Phi) is 4.84. The summed E-state index contributed by atoms with van der Waals surface area (Å²) in [5, 5.41) is 3.10. The van der Waals surface area contributed by atoms with Crippen molar-refractivity contribution in [2.24, 2.45) is 22.2 Å². The van der Waals surface area contributed by atoms with Crippen molar-refractivity contribution in [3.63, 3.8) is 0 Å². The fraction of sp³-hybridized carbons (Fsp3) is 0.933. The first-order valence-electron chi connectivity index (χ1n) is 6.53. The molecule has 0 fully saturated rings. The highest BCUT2D eigenvalue weighted by Gasteiger charge is 2.40. The number of amides is 1. The summed E-state index contributed by atoms with van der Waals surface area (Å²) >= 11 is 0. The first-order valence-corrected chi connectivity index (χ1v) is 6.53. The molecule has 0 bridgehead atoms. The molecule has 0 aliphatic carbocycles. The molecular formula is C15H31NO. The zero-order chi connectivity index (χ0) is 14.1. The minimum Gasteiger partial charge on any atom is -0.355 e. The second-order valence-corrected chi connectivity index (χ2v) is 8.44. The number of hydrogen-bond donors (Lipinski definition) is 1. The quantitative estimate of drug-likeness (QED) is 0.781. The Balaban J connectivity index is 4.81. The molecule has 0 saturated carbocycles. The molecule has 0 rings (SSSR count). The summed E-state index contributed by atoms with van der Waals surface area (Å²) in [5.74, 6) is 0.206. The first kappa shape index (κ1) is 16.5. The summed E-state index contributed by atoms with van der Waals surface area (Å²) in [6.45, 7) is 20.0. The summed E-state index contributed by atoms with van der Waals surface area (Å²) in [5.41, 5.74) is 0.108. The molecule has 17 heavy (non-hydrogen) atoms. The molecule has 0 unspecified atom stereocenters. The van der Waals surface area contributed by atoms with Gasteiger partial charge >= 0.3 is 0 Å². The van der Waals surface area contributed by atoms with Crippen molar-refractivity contribution in [1.29, 1.82) is 0 Å². The summed E-state index contributed by atoms with van der Waals surface area (Å²) in [7, 11) is 0. The topological polar surface area (TPSA) is 29.1 Å². The van der Waals surface area contributed by atoms with Gasteiger partial charge in [-0.15, -0.1) is 0 Å². The van der Waals surface area contributed by atoms with Crippen LogP contribution in [0.25, 0.3) is 0 Å². The molecule has 0 aromatic rings. The fourth-order valence-electron chi connectivity index (χ4n) is 2.54. The van der Waals surface area contributed by atoms with E-state index < -0.39 is 0 Å². The largest absolute Gasteiger partial charge is 0.355 e. The van der Waals surface area contributed by atoms with Crippen LogP contribution < -0.4 is 5.32 Å². The lowest BCUT2D eigenvalue weighted by Gasteiger charge is -2.39. The Labute approximate surface area is 108 Å². The number of rotatable bonds is 2. The van der Waals surface area contributed by atoms with Crippen molar-refractivity contribution < 1.29 is 4.79 Å². The lowest BCUT2D eigenvalue weighted by atomic mass is 9.66. The Hall–Kier alpha value is -0.530. The molecule has 0 aromatic carbocycles. The fourth-order valence-corrected chi connectivity index (χ4v) is 2.54. The molecule has 1 amide bonds. The molecule has 0 aliphatic rings. The van der Waals surface area contributed by atoms with Gasteiger partial charge in [-0.25, -0.2) is 0 Å². The lowest BCUT2D eigenvalue weighted by molar-refractivity contribution is -0.133. The second kappa shape index (κ2) is 4.99. The average molecular weight is 241 g/mol. The molecule has 0 heterocycles. The van der Waals surface area contributed by atoms with E-state index in [1.54, 1.807) is 0 Å². The van der Waals surface area contributed by atoms with Gasteiger partial charge in [0.15, 0.2) is 0 Å². The normalized spacial score (nSPS) is 14.0. The number of nitrogens with one attached hydrogen (secondary N) is 1. The molecule has 1 N–H and O–H groups in total. The Morgan fingerprint density at radius 3 is 1.47 bits per heavy atom. The third kappa shape index (κ3) is 6.09. The smallest absolute Gasteiger partial charge is 0.224 e. The maximum absolute atomic E-state index is 12.4. The van der Waals surface area contributed by atoms with Crippen LogP contribution in [0.2, 0.25) is 0 Å². The van der Waals surface area contributed by atoms with Crippen molar-refractivity contribution in [3.05, 3.63) is 0 Å². The van der Waals surface area contributed by atoms with Crippen LogP contribution in [0.1, 0.15) is 62.3 Å². The number of carbonyl (C=O) groups excluding carboxylic acids is 1. The Bertz CT molecular complexity index is 246. The van der Waals surface area contributed by atoms with Crippen LogP contribution >= 0.6 is 0 Å². The SMILES string of the molecule is CC(C)(C)CNC(=O)C(C(C)(C)C)C(C)(C)C. The molecule has 0 aliphatic heterocycles. The summed E-state index contributed by atoms with van der Waals surface area (Å²) in [6, 6.07) is 0. The zero-order valence-corrected chi connectivity index (χ0v) is 13.2. The third-order valence-electron chi connectivity index (χ3n) is 2.79. The molecule has 0 atom stereocenters. The highest BCUT2D eigenvalue weighted by Crippen LogP contribution is 2.39. The molecule has 0 aromatic heterocycles. The number of carbonyl (C=O) groups is 1. The maximum Gasteiger partial charge on any atom is 0.224 e. The molecule has 2 nitrogen and oxygen atoms in total. The molecule has 102 valence electrons. The van der Waals surface area contributed by atoms with Crippen LogP contribution in [0.4, 0.5) is 0 Å². The van der Waals surface area contributed by atoms with Crippen LogP contribution in [0, 0.1) is 22.2 Å². The minimum absolute atomic E-state index is 0.0137. The van der Waals surface area contributed by atoms with E-state index in [-0.39, 0.29) is 28.1 Å². The van der Waals surface area contributed by atoms with Gasteiger partial charge < -0.3 is 5.32 Å². The standard InChI is InChI=1S/C15H31NO/c1-13(2,3)10-16-12(17)11(14(4,5)6)15(7,8)9/h11H,10H2,1-9H3,(H,16,17). The van der Waals surface area contributed by atoms with E-state index in [0.717, 1.165) is 6.54 Å². The highest BCUT2D eigenvalue weighted by atomic mass is 16.1. The van der Waals surface area contributed by atoms with E-state index in [1.165, 1.54) is 0 Å². The van der Waals surface area contributed by atoms with Gasteiger partial charge in [-0.05, 0) is 16.2 Å². The lowest BCUT2D eigenvalue weighted by Crippen LogP contribution is -2.46. The second-order valence-electron chi connectivity index (χ2n) is 8.44. The van der Waals surface area contributed by atoms with E-state index in [2.05, 4.69) is 67.6 Å². The molecular weight excluding hydrogens is 210 g/mol. The average Bonchev–Trinajstić information content (AvgIpc) is 1.93. The monoisotopic (exact) mass is 241 g/mol. The van der Waals surface area contributed by atoms with Crippen LogP contribution in [0.5, 0.6) is 0 Å². The van der Waals surface area contributed by atoms with E-state index in [1.807, 2.05) is 0 Å². The van der Waals surface area contributed by atoms with Gasteiger partial charge in [0, 0.05) is 12.5 Å². The van der Waals surface area contributed by atoms with E-state index >= 15 is 0 Å². The molecule has 2 heteroatoms. The Morgan fingerprint density at radius 1 is 0.882 bits per heavy atom. The van der Waals surface area contributed by atoms with Gasteiger partial charge in [0.05, 0.1) is 0 Å². The van der Waals surface area contributed by atoms with Crippen molar-refractivity contribution in [2.75, 3.05) is 6.54 Å². The van der Waals surface area contributed by atoms with Crippen LogP contribution in [0.3, 0.4) is 0 Å². The minimum atomic E-state index is -0.0137. The van der Waals surface area contributed by atoms with Gasteiger partial charge in [-0.3, -0.25) is 4.79 Å². The van der Waals surface area contributed by atoms with Crippen LogP contribution in [-0.2, 0) is 4.79 Å². The highest BCUT2D eigenvalue weighted by molar-refractivity contribution is 5.80. The molecule has 0 radical (unpaired) electrons. The van der Waals surface area contributed by atoms with Crippen molar-refractivity contribution in [1.82, 2.24) is 5.32 Å². The zero-order valence-electron chi connectivity index (χ0n) is 13.2. The predicted molar refractivity (Wildman–Crippen MR) is 74.9 cm³/mol. The van der Waals surface area contributed by atoms with Crippen molar-refractivity contribution in [2.45, 2.75) is 62.3 Å². The number of hydrogen-bond acceptors (Lipinski definition) is 1.